The van der Waals surface area contributed by atoms with Crippen LogP contribution in [0.25, 0.3) is 0 Å². The molecule has 14 unspecified atom stereocenters. The van der Waals surface area contributed by atoms with Crippen molar-refractivity contribution in [3.05, 3.63) is 63.8 Å². The van der Waals surface area contributed by atoms with Gasteiger partial charge < -0.3 is 38.8 Å². The summed E-state index contributed by atoms with van der Waals surface area (Å²) >= 11 is 2.10. The van der Waals surface area contributed by atoms with E-state index in [1.807, 2.05) is 26.0 Å². The molecule has 14 atom stereocenters. The van der Waals surface area contributed by atoms with E-state index < -0.39 is 100 Å². The third kappa shape index (κ3) is 13.5. The minimum atomic E-state index is -4.09. The number of fused-ring (bicyclic) bond motifs is 3. The summed E-state index contributed by atoms with van der Waals surface area (Å²) in [4.78, 5) is 58.5. The van der Waals surface area contributed by atoms with Gasteiger partial charge in [-0.25, -0.2) is 4.79 Å². The predicted octanol–water partition coefficient (Wildman–Crippen LogP) is 6.66. The number of halogens is 1. The third-order valence-electron chi connectivity index (χ3n) is 14.2. The Hall–Kier alpha value is -2.88. The summed E-state index contributed by atoms with van der Waals surface area (Å²) in [6.45, 7) is 13.0. The van der Waals surface area contributed by atoms with Crippen LogP contribution in [-0.4, -0.2) is 129 Å². The Balaban J connectivity index is 1.49. The zero-order chi connectivity index (χ0) is 49.4. The quantitative estimate of drug-likeness (QED) is 0.0829. The van der Waals surface area contributed by atoms with E-state index in [4.69, 9.17) is 27.9 Å². The molecule has 15 nitrogen and oxygen atoms in total. The number of ketones is 2. The fraction of sp³-hybridized carbons (Fsp3) is 0.680. The van der Waals surface area contributed by atoms with E-state index in [1.54, 1.807) is 39.0 Å². The summed E-state index contributed by atoms with van der Waals surface area (Å²) in [5.74, 6) is -8.33. The lowest BCUT2D eigenvalue weighted by molar-refractivity contribution is -0.302. The number of hydrogen-bond acceptors (Lipinski definition) is 14. The molecule has 3 aliphatic heterocycles. The Morgan fingerprint density at radius 3 is 2.22 bits per heavy atom. The summed E-state index contributed by atoms with van der Waals surface area (Å²) in [7, 11) is 0.437. The van der Waals surface area contributed by atoms with Gasteiger partial charge in [0.1, 0.15) is 30.1 Å². The number of allylic oxidation sites excluding steroid dienone is 4. The molecule has 3 heterocycles. The van der Waals surface area contributed by atoms with Gasteiger partial charge in [-0.2, -0.15) is 8.42 Å². The summed E-state index contributed by atoms with van der Waals surface area (Å²) in [5, 5.41) is 24.0. The van der Waals surface area contributed by atoms with Crippen LogP contribution in [-0.2, 0) is 57.2 Å². The summed E-state index contributed by atoms with van der Waals surface area (Å²) in [5.41, 5.74) is 1.50. The molecule has 1 amide bonds. The molecule has 67 heavy (non-hydrogen) atoms. The zero-order valence-corrected chi connectivity index (χ0v) is 43.2. The van der Waals surface area contributed by atoms with Crippen LogP contribution in [0, 0.1) is 33.2 Å². The number of esters is 1. The number of benzene rings is 1. The molecular formula is C50H72INO14S. The topological polar surface area (TPSA) is 201 Å². The smallest absolute Gasteiger partial charge is 0.329 e. The van der Waals surface area contributed by atoms with E-state index in [1.165, 1.54) is 33.5 Å². The number of Topliss-reactive ketones (excluding diaryl/α,β-unsaturated/α-hetero) is 2. The fourth-order valence-corrected chi connectivity index (χ4v) is 11.8. The first kappa shape index (κ1) is 55.1. The molecule has 0 radical (unpaired) electrons. The van der Waals surface area contributed by atoms with Gasteiger partial charge in [0.15, 0.2) is 0 Å². The van der Waals surface area contributed by atoms with Crippen LogP contribution in [0.4, 0.5) is 0 Å². The molecule has 374 valence electrons. The van der Waals surface area contributed by atoms with Gasteiger partial charge in [-0.15, -0.1) is 6.58 Å². The Morgan fingerprint density at radius 1 is 0.925 bits per heavy atom. The molecule has 17 heteroatoms. The van der Waals surface area contributed by atoms with Crippen molar-refractivity contribution >= 4 is 56.2 Å². The average molecular weight is 1070 g/mol. The van der Waals surface area contributed by atoms with Crippen LogP contribution in [0.3, 0.4) is 0 Å². The van der Waals surface area contributed by atoms with E-state index in [9.17, 15) is 37.8 Å². The Morgan fingerprint density at radius 2 is 1.58 bits per heavy atom. The van der Waals surface area contributed by atoms with Crippen molar-refractivity contribution in [1.82, 2.24) is 4.90 Å². The minimum Gasteiger partial charge on any atom is -0.456 e. The number of methoxy groups -OCH3 is 3. The lowest BCUT2D eigenvalue weighted by Gasteiger charge is -2.47. The molecule has 1 aromatic rings. The van der Waals surface area contributed by atoms with Crippen molar-refractivity contribution in [2.24, 2.45) is 29.6 Å². The maximum Gasteiger partial charge on any atom is 0.329 e. The molecule has 0 aromatic heterocycles. The normalized spacial score (nSPS) is 36.8. The highest BCUT2D eigenvalue weighted by molar-refractivity contribution is 14.1. The first-order valence-corrected chi connectivity index (χ1v) is 26.1. The second-order valence-corrected chi connectivity index (χ2v) is 22.1. The van der Waals surface area contributed by atoms with E-state index in [0.717, 1.165) is 14.0 Å². The lowest BCUT2D eigenvalue weighted by atomic mass is 9.81. The number of aliphatic hydroxyl groups excluding tert-OH is 1. The third-order valence-corrected chi connectivity index (χ3v) is 16.3. The van der Waals surface area contributed by atoms with E-state index >= 15 is 0 Å². The van der Waals surface area contributed by atoms with Gasteiger partial charge in [0.05, 0.1) is 29.3 Å². The number of carbonyl (C=O) groups excluding carboxylic acids is 4. The molecule has 5 rings (SSSR count). The van der Waals surface area contributed by atoms with E-state index in [-0.39, 0.29) is 48.3 Å². The number of nitrogens with zero attached hydrogens (tertiary/aromatic N) is 1. The number of amides is 1. The Labute approximate surface area is 410 Å². The second kappa shape index (κ2) is 24.3. The van der Waals surface area contributed by atoms with Crippen molar-refractivity contribution in [3.63, 3.8) is 0 Å². The molecule has 2 N–H and O–H groups in total. The van der Waals surface area contributed by atoms with Crippen LogP contribution >= 0.6 is 22.6 Å². The van der Waals surface area contributed by atoms with Gasteiger partial charge in [0.25, 0.3) is 21.8 Å². The van der Waals surface area contributed by atoms with Crippen molar-refractivity contribution in [1.29, 1.82) is 0 Å². The van der Waals surface area contributed by atoms with Gasteiger partial charge in [0.2, 0.25) is 5.79 Å². The van der Waals surface area contributed by atoms with Crippen LogP contribution in [0.15, 0.2) is 65.1 Å². The number of cyclic esters (lactones) is 1. The van der Waals surface area contributed by atoms with Crippen molar-refractivity contribution in [2.45, 2.75) is 165 Å². The molecule has 1 saturated carbocycles. The standard InChI is InChI=1S/C50H72INO14S/c1-10-13-35-23-29(2)22-30(3)24-43(62-8)46-44(63-9)26-32(5)50(58,65-46)47(55)48(56)52-21-12-11-14-38(52)49(57)64-45(33(6)39(53)28-40(35)54)31(4)25-34-15-20-41(42(27-34)61-7)66-67(59,60)37-18-16-36(51)17-19-37/h10,16-19,23,25,30,32-35,38-39,41-46,53,58H,1,11-15,20-22,24,26-28H2,2-9H3/b29-23+,31-25?. The summed E-state index contributed by atoms with van der Waals surface area (Å²) in [6.07, 6.45) is 3.33. The number of piperidine rings is 1. The highest BCUT2D eigenvalue weighted by Crippen LogP contribution is 2.40. The first-order valence-electron chi connectivity index (χ1n) is 23.6. The largest absolute Gasteiger partial charge is 0.456 e. The zero-order valence-electron chi connectivity index (χ0n) is 40.3. The molecule has 1 aliphatic carbocycles. The minimum absolute atomic E-state index is 0.0210. The van der Waals surface area contributed by atoms with E-state index in [2.05, 4.69) is 29.2 Å². The van der Waals surface area contributed by atoms with Gasteiger partial charge in [0, 0.05) is 55.6 Å². The Bertz CT molecular complexity index is 2080. The molecule has 2 bridgehead atoms. The summed E-state index contributed by atoms with van der Waals surface area (Å²) in [6, 6.07) is 5.17. The number of hydrogen-bond donors (Lipinski definition) is 2. The SMILES string of the molecule is C=CCC1/C=C(\C)CC(C)CC(OC)C2OC(O)(C(=O)C(=O)N3CCCCC3C(=O)OC(C(C)=CC3CCC(OS(=O)(=O)c4ccc(I)cc4)C(OC)C3)C(C)C(O)CC1=O)C(C)CC2OC. The molecule has 3 fully saturated rings. The van der Waals surface area contributed by atoms with Crippen molar-refractivity contribution in [2.75, 3.05) is 27.9 Å². The highest BCUT2D eigenvalue weighted by atomic mass is 127. The highest BCUT2D eigenvalue weighted by Gasteiger charge is 2.56. The van der Waals surface area contributed by atoms with Gasteiger partial charge >= 0.3 is 5.97 Å². The Kier molecular flexibility index (Phi) is 20.0. The summed E-state index contributed by atoms with van der Waals surface area (Å²) < 4.78 is 63.3. The molecule has 2 saturated heterocycles. The lowest BCUT2D eigenvalue weighted by Crippen LogP contribution is -2.64. The van der Waals surface area contributed by atoms with Crippen molar-refractivity contribution < 1.29 is 65.7 Å². The predicted molar refractivity (Wildman–Crippen MR) is 258 cm³/mol. The van der Waals surface area contributed by atoms with Gasteiger partial charge in [-0.05, 0) is 142 Å². The number of aliphatic hydroxyl groups is 2. The second-order valence-electron chi connectivity index (χ2n) is 19.2. The maximum atomic E-state index is 14.5. The van der Waals surface area contributed by atoms with Crippen LogP contribution < -0.4 is 0 Å². The number of rotatable bonds is 10. The monoisotopic (exact) mass is 1070 g/mol. The number of ether oxygens (including phenoxy) is 5. The van der Waals surface area contributed by atoms with Crippen LogP contribution in [0.2, 0.25) is 0 Å². The molecular weight excluding hydrogens is 998 g/mol. The van der Waals surface area contributed by atoms with Crippen LogP contribution in [0.1, 0.15) is 105 Å². The average Bonchev–Trinajstić information content (AvgIpc) is 3.29. The molecule has 0 spiro atoms. The maximum absolute atomic E-state index is 14.5. The van der Waals surface area contributed by atoms with Crippen LogP contribution in [0.5, 0.6) is 0 Å². The molecule has 4 aliphatic rings. The molecule has 1 aromatic carbocycles. The van der Waals surface area contributed by atoms with E-state index in [0.29, 0.717) is 56.9 Å². The van der Waals surface area contributed by atoms with Crippen molar-refractivity contribution in [3.8, 4) is 0 Å². The van der Waals surface area contributed by atoms with Gasteiger partial charge in [-0.1, -0.05) is 44.6 Å². The first-order chi connectivity index (χ1) is 31.7. The number of carbonyl (C=O) groups is 4. The fourth-order valence-electron chi connectivity index (χ4n) is 10.3. The van der Waals surface area contributed by atoms with Gasteiger partial charge in [-0.3, -0.25) is 18.6 Å².